The van der Waals surface area contributed by atoms with E-state index in [1.165, 1.54) is 5.56 Å². The number of amides is 1. The molecule has 1 aromatic heterocycles. The van der Waals surface area contributed by atoms with Crippen LogP contribution < -0.4 is 10.1 Å². The van der Waals surface area contributed by atoms with Gasteiger partial charge in [-0.15, -0.1) is 0 Å². The number of carbonyl (C=O) groups excluding carboxylic acids is 1. The SMILES string of the molecule is COc1ccc(CC(=O)NCCc2cc[nH]c2)cc1. The van der Waals surface area contributed by atoms with Gasteiger partial charge in [-0.05, 0) is 35.7 Å². The minimum atomic E-state index is 0.0423. The molecule has 0 atom stereocenters. The van der Waals surface area contributed by atoms with Crippen LogP contribution in [0.15, 0.2) is 42.7 Å². The van der Waals surface area contributed by atoms with Crippen molar-refractivity contribution in [2.24, 2.45) is 0 Å². The highest BCUT2D eigenvalue weighted by atomic mass is 16.5. The van der Waals surface area contributed by atoms with Gasteiger partial charge in [-0.25, -0.2) is 0 Å². The van der Waals surface area contributed by atoms with Gasteiger partial charge in [-0.2, -0.15) is 0 Å². The van der Waals surface area contributed by atoms with Crippen LogP contribution in [0.5, 0.6) is 5.75 Å². The second-order valence-electron chi connectivity index (χ2n) is 4.34. The van der Waals surface area contributed by atoms with E-state index in [2.05, 4.69) is 10.3 Å². The van der Waals surface area contributed by atoms with Crippen molar-refractivity contribution in [1.29, 1.82) is 0 Å². The van der Waals surface area contributed by atoms with Crippen molar-refractivity contribution in [2.45, 2.75) is 12.8 Å². The van der Waals surface area contributed by atoms with Crippen molar-refractivity contribution in [3.8, 4) is 5.75 Å². The molecule has 19 heavy (non-hydrogen) atoms. The predicted molar refractivity (Wildman–Crippen MR) is 74.2 cm³/mol. The van der Waals surface area contributed by atoms with E-state index in [9.17, 15) is 4.79 Å². The largest absolute Gasteiger partial charge is 0.497 e. The maximum Gasteiger partial charge on any atom is 0.224 e. The first-order chi connectivity index (χ1) is 9.28. The van der Waals surface area contributed by atoms with Gasteiger partial charge in [-0.3, -0.25) is 4.79 Å². The van der Waals surface area contributed by atoms with Gasteiger partial charge in [0.1, 0.15) is 5.75 Å². The van der Waals surface area contributed by atoms with Crippen molar-refractivity contribution in [2.75, 3.05) is 13.7 Å². The Morgan fingerprint density at radius 2 is 2.00 bits per heavy atom. The Balaban J connectivity index is 1.74. The minimum absolute atomic E-state index is 0.0423. The summed E-state index contributed by atoms with van der Waals surface area (Å²) in [7, 11) is 1.63. The first-order valence-electron chi connectivity index (χ1n) is 6.29. The highest BCUT2D eigenvalue weighted by molar-refractivity contribution is 5.78. The molecule has 2 N–H and O–H groups in total. The molecule has 4 nitrogen and oxygen atoms in total. The van der Waals surface area contributed by atoms with E-state index >= 15 is 0 Å². The zero-order chi connectivity index (χ0) is 13.5. The van der Waals surface area contributed by atoms with Crippen molar-refractivity contribution in [3.63, 3.8) is 0 Å². The zero-order valence-electron chi connectivity index (χ0n) is 11.0. The van der Waals surface area contributed by atoms with E-state index in [0.717, 1.165) is 17.7 Å². The Morgan fingerprint density at radius 1 is 1.21 bits per heavy atom. The van der Waals surface area contributed by atoms with E-state index < -0.39 is 0 Å². The second kappa shape index (κ2) is 6.64. The number of aromatic nitrogens is 1. The molecule has 4 heteroatoms. The normalized spacial score (nSPS) is 10.2. The van der Waals surface area contributed by atoms with Gasteiger partial charge in [0.2, 0.25) is 5.91 Å². The number of nitrogens with one attached hydrogen (secondary N) is 2. The summed E-state index contributed by atoms with van der Waals surface area (Å²) in [5, 5.41) is 2.91. The van der Waals surface area contributed by atoms with Crippen molar-refractivity contribution >= 4 is 5.91 Å². The Kier molecular flexibility index (Phi) is 4.61. The highest BCUT2D eigenvalue weighted by Gasteiger charge is 2.03. The third-order valence-corrected chi connectivity index (χ3v) is 2.92. The first-order valence-corrected chi connectivity index (χ1v) is 6.29. The molecule has 1 amide bonds. The third-order valence-electron chi connectivity index (χ3n) is 2.92. The maximum absolute atomic E-state index is 11.7. The predicted octanol–water partition coefficient (Wildman–Crippen LogP) is 1.92. The van der Waals surface area contributed by atoms with Crippen LogP contribution in [-0.4, -0.2) is 24.5 Å². The lowest BCUT2D eigenvalue weighted by Gasteiger charge is -2.05. The van der Waals surface area contributed by atoms with Crippen LogP contribution in [0.1, 0.15) is 11.1 Å². The minimum Gasteiger partial charge on any atom is -0.497 e. The summed E-state index contributed by atoms with van der Waals surface area (Å²) in [6.07, 6.45) is 5.07. The Labute approximate surface area is 112 Å². The molecule has 2 rings (SSSR count). The number of benzene rings is 1. The van der Waals surface area contributed by atoms with E-state index in [4.69, 9.17) is 4.74 Å². The fourth-order valence-corrected chi connectivity index (χ4v) is 1.85. The fourth-order valence-electron chi connectivity index (χ4n) is 1.85. The highest BCUT2D eigenvalue weighted by Crippen LogP contribution is 2.11. The average Bonchev–Trinajstić information content (AvgIpc) is 2.93. The van der Waals surface area contributed by atoms with E-state index in [-0.39, 0.29) is 5.91 Å². The lowest BCUT2D eigenvalue weighted by molar-refractivity contribution is -0.120. The monoisotopic (exact) mass is 258 g/mol. The summed E-state index contributed by atoms with van der Waals surface area (Å²) in [5.74, 6) is 0.845. The molecule has 2 aromatic rings. The molecule has 0 bridgehead atoms. The number of H-pyrrole nitrogens is 1. The fraction of sp³-hybridized carbons (Fsp3) is 0.267. The van der Waals surface area contributed by atoms with Crippen LogP contribution in [-0.2, 0) is 17.6 Å². The quantitative estimate of drug-likeness (QED) is 0.831. The molecule has 0 saturated heterocycles. The second-order valence-corrected chi connectivity index (χ2v) is 4.34. The summed E-state index contributed by atoms with van der Waals surface area (Å²) < 4.78 is 5.08. The smallest absolute Gasteiger partial charge is 0.224 e. The van der Waals surface area contributed by atoms with Gasteiger partial charge in [0.05, 0.1) is 13.5 Å². The molecular weight excluding hydrogens is 240 g/mol. The van der Waals surface area contributed by atoms with E-state index in [0.29, 0.717) is 13.0 Å². The lowest BCUT2D eigenvalue weighted by atomic mass is 10.1. The first kappa shape index (κ1) is 13.2. The molecule has 1 aromatic carbocycles. The summed E-state index contributed by atoms with van der Waals surface area (Å²) in [6.45, 7) is 0.660. The van der Waals surface area contributed by atoms with Crippen LogP contribution in [0.25, 0.3) is 0 Å². The molecule has 0 radical (unpaired) electrons. The standard InChI is InChI=1S/C15H18N2O2/c1-19-14-4-2-12(3-5-14)10-15(18)17-9-7-13-6-8-16-11-13/h2-6,8,11,16H,7,9-10H2,1H3,(H,17,18). The third kappa shape index (κ3) is 4.17. The number of ether oxygens (including phenoxy) is 1. The summed E-state index contributed by atoms with van der Waals surface area (Å²) in [6, 6.07) is 9.55. The number of hydrogen-bond acceptors (Lipinski definition) is 2. The van der Waals surface area contributed by atoms with Crippen molar-refractivity contribution < 1.29 is 9.53 Å². The van der Waals surface area contributed by atoms with Gasteiger partial charge < -0.3 is 15.0 Å². The topological polar surface area (TPSA) is 54.1 Å². The van der Waals surface area contributed by atoms with Crippen molar-refractivity contribution in [3.05, 3.63) is 53.9 Å². The zero-order valence-corrected chi connectivity index (χ0v) is 11.0. The molecule has 0 spiro atoms. The Bertz CT molecular complexity index is 503. The number of methoxy groups -OCH3 is 1. The molecule has 0 unspecified atom stereocenters. The Morgan fingerprint density at radius 3 is 2.63 bits per heavy atom. The molecule has 0 aliphatic heterocycles. The van der Waals surface area contributed by atoms with E-state index in [1.54, 1.807) is 7.11 Å². The molecular formula is C15H18N2O2. The Hall–Kier alpha value is -2.23. The van der Waals surface area contributed by atoms with Gasteiger partial charge in [0.15, 0.2) is 0 Å². The van der Waals surface area contributed by atoms with Crippen molar-refractivity contribution in [1.82, 2.24) is 10.3 Å². The summed E-state index contributed by atoms with van der Waals surface area (Å²) >= 11 is 0. The lowest BCUT2D eigenvalue weighted by Crippen LogP contribution is -2.27. The van der Waals surface area contributed by atoms with Gasteiger partial charge in [0, 0.05) is 18.9 Å². The van der Waals surface area contributed by atoms with Gasteiger partial charge >= 0.3 is 0 Å². The number of rotatable bonds is 6. The van der Waals surface area contributed by atoms with Gasteiger partial charge in [0.25, 0.3) is 0 Å². The number of carbonyl (C=O) groups is 1. The van der Waals surface area contributed by atoms with Crippen LogP contribution in [0, 0.1) is 0 Å². The molecule has 0 aliphatic rings. The maximum atomic E-state index is 11.7. The molecule has 1 heterocycles. The number of hydrogen-bond donors (Lipinski definition) is 2. The van der Waals surface area contributed by atoms with E-state index in [1.807, 2.05) is 42.7 Å². The summed E-state index contributed by atoms with van der Waals surface area (Å²) in [4.78, 5) is 14.7. The molecule has 0 saturated carbocycles. The molecule has 0 fully saturated rings. The van der Waals surface area contributed by atoms with Crippen LogP contribution in [0.2, 0.25) is 0 Å². The summed E-state index contributed by atoms with van der Waals surface area (Å²) in [5.41, 5.74) is 2.18. The molecule has 100 valence electrons. The van der Waals surface area contributed by atoms with Crippen LogP contribution in [0.3, 0.4) is 0 Å². The number of aromatic amines is 1. The van der Waals surface area contributed by atoms with Crippen LogP contribution >= 0.6 is 0 Å². The molecule has 0 aliphatic carbocycles. The van der Waals surface area contributed by atoms with Crippen LogP contribution in [0.4, 0.5) is 0 Å². The average molecular weight is 258 g/mol. The van der Waals surface area contributed by atoms with Gasteiger partial charge in [-0.1, -0.05) is 12.1 Å².